The molecule has 2 aromatic carbocycles. The number of fused-ring (bicyclic) bond motifs is 2. The fourth-order valence-electron chi connectivity index (χ4n) is 4.35. The molecular formula is C27H33Br2ClF2N2O4. The van der Waals surface area contributed by atoms with Gasteiger partial charge in [0.2, 0.25) is 0 Å². The van der Waals surface area contributed by atoms with E-state index < -0.39 is 17.4 Å². The zero-order valence-corrected chi connectivity index (χ0v) is 25.6. The number of carbonyl (C=O) groups excluding carboxylic acids is 1. The first kappa shape index (κ1) is 30.9. The standard InChI is InChI=1S/C14H18BrNO3.C13H14BrF2NO.ClH/c1-14(2,3)19-13(18)16-7-6-10-9(8-16)4-5-11(17)12(10)15;14-12-10-3-4-17-6-8(10)1-2-11(12)18-7-9-5-13(9,15)16;/h4-5,17H,6-8H2,1-3H3;1-2,9,17H,3-7H2;1H. The van der Waals surface area contributed by atoms with Crippen molar-refractivity contribution in [3.63, 3.8) is 0 Å². The fourth-order valence-corrected chi connectivity index (χ4v) is 5.63. The van der Waals surface area contributed by atoms with Gasteiger partial charge in [-0.3, -0.25) is 0 Å². The highest BCUT2D eigenvalue weighted by molar-refractivity contribution is 9.11. The molecule has 0 spiro atoms. The van der Waals surface area contributed by atoms with E-state index in [4.69, 9.17) is 9.47 Å². The molecule has 1 saturated carbocycles. The van der Waals surface area contributed by atoms with Gasteiger partial charge < -0.3 is 24.8 Å². The number of aromatic hydroxyl groups is 1. The van der Waals surface area contributed by atoms with Crippen LogP contribution in [-0.2, 0) is 30.7 Å². The van der Waals surface area contributed by atoms with E-state index in [1.54, 1.807) is 11.0 Å². The van der Waals surface area contributed by atoms with Crippen molar-refractivity contribution in [1.82, 2.24) is 10.2 Å². The van der Waals surface area contributed by atoms with Crippen LogP contribution >= 0.6 is 44.3 Å². The highest BCUT2D eigenvalue weighted by Crippen LogP contribution is 2.49. The monoisotopic (exact) mass is 680 g/mol. The first-order chi connectivity index (χ1) is 17.4. The first-order valence-electron chi connectivity index (χ1n) is 12.3. The van der Waals surface area contributed by atoms with Gasteiger partial charge in [-0.1, -0.05) is 12.1 Å². The maximum atomic E-state index is 12.8. The zero-order chi connectivity index (χ0) is 27.0. The minimum absolute atomic E-state index is 0. The van der Waals surface area contributed by atoms with Gasteiger partial charge in [-0.15, -0.1) is 12.4 Å². The Balaban J connectivity index is 0.000000205. The van der Waals surface area contributed by atoms with Gasteiger partial charge in [0.1, 0.15) is 17.1 Å². The number of hydrogen-bond acceptors (Lipinski definition) is 5. The number of halogens is 5. The molecule has 0 saturated heterocycles. The first-order valence-corrected chi connectivity index (χ1v) is 13.9. The summed E-state index contributed by atoms with van der Waals surface area (Å²) in [6, 6.07) is 7.36. The highest BCUT2D eigenvalue weighted by Gasteiger charge is 2.57. The molecule has 2 aliphatic heterocycles. The minimum Gasteiger partial charge on any atom is -0.507 e. The Labute approximate surface area is 245 Å². The minimum atomic E-state index is -2.51. The van der Waals surface area contributed by atoms with Crippen molar-refractivity contribution in [1.29, 1.82) is 0 Å². The summed E-state index contributed by atoms with van der Waals surface area (Å²) in [5.41, 5.74) is 4.11. The Hall–Kier alpha value is -1.62. The number of phenols is 1. The molecule has 11 heteroatoms. The molecule has 2 N–H and O–H groups in total. The number of benzene rings is 2. The molecule has 1 aliphatic carbocycles. The van der Waals surface area contributed by atoms with Crippen molar-refractivity contribution >= 4 is 50.4 Å². The molecule has 2 aromatic rings. The molecule has 5 rings (SSSR count). The van der Waals surface area contributed by atoms with E-state index in [-0.39, 0.29) is 37.3 Å². The number of ether oxygens (including phenoxy) is 2. The molecule has 1 atom stereocenters. The number of nitrogens with zero attached hydrogens (tertiary/aromatic N) is 1. The molecule has 38 heavy (non-hydrogen) atoms. The van der Waals surface area contributed by atoms with Crippen LogP contribution in [0.15, 0.2) is 33.2 Å². The Morgan fingerprint density at radius 1 is 1.13 bits per heavy atom. The Bertz CT molecular complexity index is 1180. The number of phenolic OH excluding ortho intramolecular Hbond substituents is 1. The third kappa shape index (κ3) is 7.52. The predicted molar refractivity (Wildman–Crippen MR) is 152 cm³/mol. The quantitative estimate of drug-likeness (QED) is 0.365. The summed E-state index contributed by atoms with van der Waals surface area (Å²) in [6.07, 6.45) is 1.32. The van der Waals surface area contributed by atoms with Crippen LogP contribution in [0.25, 0.3) is 0 Å². The zero-order valence-electron chi connectivity index (χ0n) is 21.6. The van der Waals surface area contributed by atoms with Crippen molar-refractivity contribution in [3.8, 4) is 11.5 Å². The summed E-state index contributed by atoms with van der Waals surface area (Å²) in [5, 5.41) is 12.9. The van der Waals surface area contributed by atoms with Crippen LogP contribution in [0.2, 0.25) is 0 Å². The summed E-state index contributed by atoms with van der Waals surface area (Å²) in [6.45, 7) is 8.59. The lowest BCUT2D eigenvalue weighted by atomic mass is 10.00. The molecule has 3 aliphatic rings. The van der Waals surface area contributed by atoms with E-state index >= 15 is 0 Å². The van der Waals surface area contributed by atoms with Gasteiger partial charge in [0.25, 0.3) is 5.92 Å². The molecule has 1 amide bonds. The van der Waals surface area contributed by atoms with Gasteiger partial charge >= 0.3 is 6.09 Å². The molecule has 1 fully saturated rings. The second-order valence-electron chi connectivity index (χ2n) is 10.6. The SMILES string of the molecule is CC(C)(C)OC(=O)N1CCc2c(ccc(O)c2Br)C1.Cl.FC1(F)CC1COc1ccc2c(c1Br)CCNC2. The topological polar surface area (TPSA) is 71.0 Å². The number of nitrogens with one attached hydrogen (secondary N) is 1. The molecular weight excluding hydrogens is 650 g/mol. The molecule has 6 nitrogen and oxygen atoms in total. The summed E-state index contributed by atoms with van der Waals surface area (Å²) < 4.78 is 38.1. The maximum Gasteiger partial charge on any atom is 0.410 e. The maximum absolute atomic E-state index is 12.8. The van der Waals surface area contributed by atoms with Crippen molar-refractivity contribution in [2.24, 2.45) is 5.92 Å². The number of carbonyl (C=O) groups is 1. The number of alkyl halides is 2. The predicted octanol–water partition coefficient (Wildman–Crippen LogP) is 7.00. The van der Waals surface area contributed by atoms with Crippen LogP contribution < -0.4 is 10.1 Å². The Morgan fingerprint density at radius 3 is 2.45 bits per heavy atom. The number of hydrogen-bond donors (Lipinski definition) is 2. The smallest absolute Gasteiger partial charge is 0.410 e. The van der Waals surface area contributed by atoms with Crippen LogP contribution in [0.5, 0.6) is 11.5 Å². The molecule has 1 unspecified atom stereocenters. The third-order valence-electron chi connectivity index (χ3n) is 6.53. The fraction of sp³-hybridized carbons (Fsp3) is 0.519. The van der Waals surface area contributed by atoms with E-state index in [0.717, 1.165) is 39.6 Å². The normalized spacial score (nSPS) is 19.1. The molecule has 210 valence electrons. The Kier molecular flexibility index (Phi) is 9.98. The van der Waals surface area contributed by atoms with E-state index in [9.17, 15) is 18.7 Å². The van der Waals surface area contributed by atoms with E-state index in [1.165, 1.54) is 11.1 Å². The molecule has 2 heterocycles. The largest absolute Gasteiger partial charge is 0.507 e. The van der Waals surface area contributed by atoms with E-state index in [2.05, 4.69) is 37.2 Å². The number of rotatable bonds is 3. The summed E-state index contributed by atoms with van der Waals surface area (Å²) in [7, 11) is 0. The average Bonchev–Trinajstić information content (AvgIpc) is 3.46. The lowest BCUT2D eigenvalue weighted by Gasteiger charge is -2.31. The van der Waals surface area contributed by atoms with Crippen LogP contribution in [0.3, 0.4) is 0 Å². The summed E-state index contributed by atoms with van der Waals surface area (Å²) in [5.74, 6) is -2.20. The molecule has 0 aromatic heterocycles. The second kappa shape index (κ2) is 12.3. The summed E-state index contributed by atoms with van der Waals surface area (Å²) >= 11 is 6.91. The lowest BCUT2D eigenvalue weighted by molar-refractivity contribution is 0.0223. The van der Waals surface area contributed by atoms with Gasteiger partial charge in [-0.25, -0.2) is 13.6 Å². The van der Waals surface area contributed by atoms with Crippen LogP contribution in [0, 0.1) is 5.92 Å². The van der Waals surface area contributed by atoms with Crippen LogP contribution in [-0.4, -0.2) is 47.3 Å². The van der Waals surface area contributed by atoms with Gasteiger partial charge in [0, 0.05) is 26.1 Å². The van der Waals surface area contributed by atoms with E-state index in [0.29, 0.717) is 25.3 Å². The van der Waals surface area contributed by atoms with E-state index in [1.807, 2.05) is 39.0 Å². The van der Waals surface area contributed by atoms with Gasteiger partial charge in [0.15, 0.2) is 0 Å². The molecule has 0 radical (unpaired) electrons. The van der Waals surface area contributed by atoms with Crippen LogP contribution in [0.1, 0.15) is 49.4 Å². The van der Waals surface area contributed by atoms with Crippen LogP contribution in [0.4, 0.5) is 13.6 Å². The van der Waals surface area contributed by atoms with Crippen molar-refractivity contribution in [3.05, 3.63) is 55.5 Å². The highest BCUT2D eigenvalue weighted by atomic mass is 79.9. The lowest BCUT2D eigenvalue weighted by Crippen LogP contribution is -2.39. The van der Waals surface area contributed by atoms with Gasteiger partial charge in [-0.2, -0.15) is 0 Å². The number of amides is 1. The van der Waals surface area contributed by atoms with Gasteiger partial charge in [0.05, 0.1) is 21.5 Å². The average molecular weight is 683 g/mol. The second-order valence-corrected chi connectivity index (χ2v) is 12.2. The molecule has 0 bridgehead atoms. The van der Waals surface area contributed by atoms with Crippen molar-refractivity contribution < 1.29 is 28.2 Å². The van der Waals surface area contributed by atoms with Gasteiger partial charge in [-0.05, 0) is 106 Å². The summed E-state index contributed by atoms with van der Waals surface area (Å²) in [4.78, 5) is 13.7. The van der Waals surface area contributed by atoms with Crippen molar-refractivity contribution in [2.45, 2.75) is 64.6 Å². The third-order valence-corrected chi connectivity index (χ3v) is 8.29. The van der Waals surface area contributed by atoms with Crippen molar-refractivity contribution in [2.75, 3.05) is 19.7 Å². The Morgan fingerprint density at radius 2 is 1.79 bits per heavy atom.